The van der Waals surface area contributed by atoms with Crippen molar-refractivity contribution in [3.63, 3.8) is 0 Å². The predicted molar refractivity (Wildman–Crippen MR) is 17.0 cm³/mol. The second-order valence-corrected chi connectivity index (χ2v) is 0.274. The van der Waals surface area contributed by atoms with Gasteiger partial charge in [-0.1, -0.05) is 0 Å². The molecule has 0 spiro atoms. The molecule has 0 amide bonds. The minimum Gasteiger partial charge on any atom is -0.162 e. The number of rotatable bonds is 0. The van der Waals surface area contributed by atoms with E-state index >= 15 is 0 Å². The van der Waals surface area contributed by atoms with Gasteiger partial charge in [-0.2, -0.15) is 4.89 Å². The van der Waals surface area contributed by atoms with Crippen LogP contribution in [-0.2, 0) is 4.57 Å². The second-order valence-electron chi connectivity index (χ2n) is 0.0913. The molecule has 1 unspecified atom stereocenters. The van der Waals surface area contributed by atoms with Crippen molar-refractivity contribution in [1.29, 1.82) is 0 Å². The Morgan fingerprint density at radius 2 is 1.75 bits per heavy atom. The molecule has 2 nitrogen and oxygen atoms in total. The average Bonchev–Trinajstić information content (AvgIpc) is 0.918. The van der Waals surface area contributed by atoms with Crippen LogP contribution in [0.1, 0.15) is 0 Å². The van der Waals surface area contributed by atoms with Crippen LogP contribution in [0.15, 0.2) is 0 Å². The maximum Gasteiger partial charge on any atom is 0.491 e. The summed E-state index contributed by atoms with van der Waals surface area (Å²) in [6.07, 6.45) is 0. The fourth-order valence-corrected chi connectivity index (χ4v) is 0. The van der Waals surface area contributed by atoms with E-state index in [-0.39, 0.29) is 29.6 Å². The summed E-state index contributed by atoms with van der Waals surface area (Å²) in [6.45, 7) is 0. The molecule has 0 aliphatic rings. The summed E-state index contributed by atoms with van der Waals surface area (Å²) >= 11 is 0. The molecule has 0 aliphatic heterocycles. The van der Waals surface area contributed by atoms with Crippen LogP contribution in [0.5, 0.6) is 0 Å². The van der Waals surface area contributed by atoms with Gasteiger partial charge >= 0.3 is 8.69 Å². The molecule has 1 atom stereocenters. The molecule has 0 aliphatic carbocycles. The van der Waals surface area contributed by atoms with Gasteiger partial charge in [0.05, 0.1) is 0 Å². The summed E-state index contributed by atoms with van der Waals surface area (Å²) in [7, 11) is -1.17. The molecular weight excluding hydrogens is 86.0 g/mol. The van der Waals surface area contributed by atoms with Crippen molar-refractivity contribution in [3.05, 3.63) is 0 Å². The first-order valence-corrected chi connectivity index (χ1v) is 1.28. The van der Waals surface area contributed by atoms with Gasteiger partial charge < -0.3 is 0 Å². The van der Waals surface area contributed by atoms with Gasteiger partial charge in [0.25, 0.3) is 0 Å². The first-order chi connectivity index (χ1) is 1.41. The van der Waals surface area contributed by atoms with E-state index in [4.69, 9.17) is 9.46 Å². The molecule has 0 bridgehead atoms. The van der Waals surface area contributed by atoms with Crippen molar-refractivity contribution >= 4 is 38.2 Å². The molecule has 4 heteroatoms. The largest absolute Gasteiger partial charge is 0.491 e. The van der Waals surface area contributed by atoms with E-state index in [1.165, 1.54) is 0 Å². The number of hydrogen-bond acceptors (Lipinski definition) is 1. The quantitative estimate of drug-likeness (QED) is 0.321. The van der Waals surface area contributed by atoms with Crippen molar-refractivity contribution < 1.29 is 9.46 Å². The Morgan fingerprint density at radius 3 is 1.75 bits per heavy atom. The second kappa shape index (κ2) is 8.96. The third-order valence-electron chi connectivity index (χ3n) is 0. The fraction of sp³-hybridized carbons (Fsp3) is 0. The summed E-state index contributed by atoms with van der Waals surface area (Å²) in [4.78, 5) is 7.04. The third-order valence-corrected chi connectivity index (χ3v) is 0. The van der Waals surface area contributed by atoms with E-state index < -0.39 is 8.69 Å². The van der Waals surface area contributed by atoms with Crippen LogP contribution >= 0.6 is 8.69 Å². The van der Waals surface area contributed by atoms with Gasteiger partial charge in [0.15, 0.2) is 0 Å². The molecule has 0 aromatic carbocycles. The first-order valence-electron chi connectivity index (χ1n) is 0.428. The van der Waals surface area contributed by atoms with Gasteiger partial charge in [0, 0.05) is 29.6 Å². The average molecular weight is 88.0 g/mol. The molecule has 0 fully saturated rings. The van der Waals surface area contributed by atoms with Crippen LogP contribution in [-0.4, -0.2) is 34.5 Å². The molecule has 19 valence electrons. The normalized spacial score (nSPS) is 5.25. The molecule has 0 aromatic heterocycles. The molecule has 1 radical (unpaired) electrons. The van der Waals surface area contributed by atoms with Crippen LogP contribution in [0.2, 0.25) is 0 Å². The predicted octanol–water partition coefficient (Wildman–Crippen LogP) is -0.463. The van der Waals surface area contributed by atoms with E-state index in [1.807, 2.05) is 0 Å². The zero-order valence-corrected chi connectivity index (χ0v) is 5.36. The summed E-state index contributed by atoms with van der Waals surface area (Å²) < 4.78 is 8.51. The molecule has 0 rings (SSSR count). The van der Waals surface area contributed by atoms with Crippen molar-refractivity contribution in [3.8, 4) is 0 Å². The van der Waals surface area contributed by atoms with Crippen LogP contribution < -0.4 is 0 Å². The van der Waals surface area contributed by atoms with Gasteiger partial charge in [0.1, 0.15) is 0 Å². The molecular formula is H2NaO2P+. The minimum atomic E-state index is -1.17. The Labute approximate surface area is 47.8 Å². The fourth-order valence-electron chi connectivity index (χ4n) is 0. The first kappa shape index (κ1) is 8.91. The Hall–Kier alpha value is 1.06. The minimum absolute atomic E-state index is 0. The zero-order chi connectivity index (χ0) is 2.71. The van der Waals surface area contributed by atoms with E-state index in [2.05, 4.69) is 0 Å². The van der Waals surface area contributed by atoms with Gasteiger partial charge in [0.2, 0.25) is 0 Å². The van der Waals surface area contributed by atoms with Crippen molar-refractivity contribution in [1.82, 2.24) is 0 Å². The number of hydrogen-bond donors (Lipinski definition) is 1. The molecule has 4 heavy (non-hydrogen) atoms. The summed E-state index contributed by atoms with van der Waals surface area (Å²) in [6, 6.07) is 0. The van der Waals surface area contributed by atoms with E-state index in [0.29, 0.717) is 0 Å². The molecule has 0 saturated carbocycles. The molecule has 0 heterocycles. The van der Waals surface area contributed by atoms with E-state index in [1.54, 1.807) is 0 Å². The van der Waals surface area contributed by atoms with Crippen LogP contribution in [0, 0.1) is 0 Å². The summed E-state index contributed by atoms with van der Waals surface area (Å²) in [5.41, 5.74) is 0. The smallest absolute Gasteiger partial charge is 0.162 e. The maximum absolute atomic E-state index is 8.51. The van der Waals surface area contributed by atoms with E-state index in [9.17, 15) is 0 Å². The molecule has 1 N–H and O–H groups in total. The Balaban J connectivity index is 0. The topological polar surface area (TPSA) is 37.3 Å². The Bertz CT molecular complexity index is 13.5. The van der Waals surface area contributed by atoms with Crippen molar-refractivity contribution in [2.24, 2.45) is 0 Å². The van der Waals surface area contributed by atoms with Gasteiger partial charge in [-0.3, -0.25) is 0 Å². The monoisotopic (exact) mass is 88.0 g/mol. The van der Waals surface area contributed by atoms with Gasteiger partial charge in [-0.25, -0.2) is 0 Å². The maximum atomic E-state index is 8.51. The van der Waals surface area contributed by atoms with Gasteiger partial charge in [-0.05, 0) is 4.57 Å². The SMILES string of the molecule is O=[PH+]O.[Na]. The summed E-state index contributed by atoms with van der Waals surface area (Å²) in [5.74, 6) is 0. The van der Waals surface area contributed by atoms with Crippen LogP contribution in [0.25, 0.3) is 0 Å². The Kier molecular flexibility index (Phi) is 19.9. The third kappa shape index (κ3) is 11.6. The van der Waals surface area contributed by atoms with E-state index in [0.717, 1.165) is 0 Å². The van der Waals surface area contributed by atoms with Crippen LogP contribution in [0.4, 0.5) is 0 Å². The molecule has 0 saturated heterocycles. The Morgan fingerprint density at radius 1 is 1.75 bits per heavy atom. The summed E-state index contributed by atoms with van der Waals surface area (Å²) in [5, 5.41) is 0. The van der Waals surface area contributed by atoms with Crippen molar-refractivity contribution in [2.75, 3.05) is 0 Å². The zero-order valence-electron chi connectivity index (χ0n) is 2.36. The molecule has 0 aromatic rings. The van der Waals surface area contributed by atoms with Gasteiger partial charge in [-0.15, -0.1) is 0 Å². The van der Waals surface area contributed by atoms with Crippen molar-refractivity contribution in [2.45, 2.75) is 0 Å². The standard InChI is InChI=1S/Na.HO2P/c;1-3-2/h;3H/p+1. The van der Waals surface area contributed by atoms with Crippen LogP contribution in [0.3, 0.4) is 0 Å².